The Bertz CT molecular complexity index is 1030. The molecular formula is C23H26N2O2. The highest BCUT2D eigenvalue weighted by Crippen LogP contribution is 2.25. The summed E-state index contributed by atoms with van der Waals surface area (Å²) >= 11 is 0. The van der Waals surface area contributed by atoms with E-state index < -0.39 is 6.04 Å². The number of hydrogen-bond donors (Lipinski definition) is 1. The van der Waals surface area contributed by atoms with Crippen LogP contribution in [0.4, 0.5) is 5.69 Å². The van der Waals surface area contributed by atoms with Crippen LogP contribution in [0, 0.1) is 13.8 Å². The third-order valence-corrected chi connectivity index (χ3v) is 5.11. The van der Waals surface area contributed by atoms with Gasteiger partial charge in [-0.05, 0) is 55.5 Å². The molecule has 1 N–H and O–H groups in total. The molecular weight excluding hydrogens is 336 g/mol. The second kappa shape index (κ2) is 7.78. The van der Waals surface area contributed by atoms with Gasteiger partial charge in [-0.3, -0.25) is 14.2 Å². The molecule has 0 aliphatic heterocycles. The van der Waals surface area contributed by atoms with Crippen molar-refractivity contribution in [2.75, 3.05) is 5.32 Å². The Labute approximate surface area is 159 Å². The van der Waals surface area contributed by atoms with Gasteiger partial charge in [-0.25, -0.2) is 0 Å². The van der Waals surface area contributed by atoms with Crippen molar-refractivity contribution < 1.29 is 4.79 Å². The smallest absolute Gasteiger partial charge is 0.252 e. The molecule has 0 saturated carbocycles. The van der Waals surface area contributed by atoms with E-state index in [4.69, 9.17) is 0 Å². The average Bonchev–Trinajstić information content (AvgIpc) is 2.66. The Morgan fingerprint density at radius 1 is 1.04 bits per heavy atom. The Morgan fingerprint density at radius 2 is 1.74 bits per heavy atom. The maximum absolute atomic E-state index is 13.0. The van der Waals surface area contributed by atoms with Gasteiger partial charge in [-0.1, -0.05) is 44.2 Å². The molecule has 0 saturated heterocycles. The summed E-state index contributed by atoms with van der Waals surface area (Å²) in [4.78, 5) is 25.8. The van der Waals surface area contributed by atoms with Crippen LogP contribution in [0.1, 0.15) is 43.0 Å². The molecule has 1 amide bonds. The van der Waals surface area contributed by atoms with Crippen LogP contribution >= 0.6 is 0 Å². The van der Waals surface area contributed by atoms with Crippen LogP contribution in [0.3, 0.4) is 0 Å². The van der Waals surface area contributed by atoms with Crippen molar-refractivity contribution in [1.82, 2.24) is 4.57 Å². The number of aromatic nitrogens is 1. The van der Waals surface area contributed by atoms with Gasteiger partial charge in [0.1, 0.15) is 6.04 Å². The van der Waals surface area contributed by atoms with Crippen LogP contribution in [-0.4, -0.2) is 10.5 Å². The fraction of sp³-hybridized carbons (Fsp3) is 0.304. The summed E-state index contributed by atoms with van der Waals surface area (Å²) in [7, 11) is 0. The number of carbonyl (C=O) groups excluding carboxylic acids is 1. The standard InChI is InChI=1S/C23H26N2O2/c1-5-17-10-12-18(13-11-17)24-23(27)20(6-2)25-21(26)14-16(4)19-9-7-8-15(3)22(19)25/h7-14,20H,5-6H2,1-4H3,(H,24,27). The fourth-order valence-electron chi connectivity index (χ4n) is 3.58. The molecule has 1 heterocycles. The van der Waals surface area contributed by atoms with Crippen LogP contribution in [0.15, 0.2) is 53.3 Å². The number of carbonyl (C=O) groups is 1. The van der Waals surface area contributed by atoms with Crippen LogP contribution in [0.25, 0.3) is 10.9 Å². The SMILES string of the molecule is CCc1ccc(NC(=O)C(CC)n2c(=O)cc(C)c3cccc(C)c32)cc1. The van der Waals surface area contributed by atoms with E-state index in [-0.39, 0.29) is 11.5 Å². The quantitative estimate of drug-likeness (QED) is 0.711. The number of fused-ring (bicyclic) bond motifs is 1. The van der Waals surface area contributed by atoms with Gasteiger partial charge in [0.05, 0.1) is 5.52 Å². The number of nitrogens with zero attached hydrogens (tertiary/aromatic N) is 1. The lowest BCUT2D eigenvalue weighted by Crippen LogP contribution is -2.33. The molecule has 0 spiro atoms. The zero-order valence-corrected chi connectivity index (χ0v) is 16.4. The normalized spacial score (nSPS) is 12.1. The van der Waals surface area contributed by atoms with Crippen molar-refractivity contribution >= 4 is 22.5 Å². The maximum Gasteiger partial charge on any atom is 0.252 e. The monoisotopic (exact) mass is 362 g/mol. The molecule has 1 unspecified atom stereocenters. The van der Waals surface area contributed by atoms with E-state index in [0.717, 1.165) is 34.1 Å². The van der Waals surface area contributed by atoms with Gasteiger partial charge in [-0.15, -0.1) is 0 Å². The largest absolute Gasteiger partial charge is 0.324 e. The third kappa shape index (κ3) is 3.65. The highest BCUT2D eigenvalue weighted by molar-refractivity contribution is 5.95. The van der Waals surface area contributed by atoms with E-state index in [1.165, 1.54) is 5.56 Å². The molecule has 0 aliphatic carbocycles. The van der Waals surface area contributed by atoms with Crippen LogP contribution in [0.2, 0.25) is 0 Å². The number of nitrogens with one attached hydrogen (secondary N) is 1. The Morgan fingerprint density at radius 3 is 2.37 bits per heavy atom. The first kappa shape index (κ1) is 18.9. The minimum Gasteiger partial charge on any atom is -0.324 e. The molecule has 3 aromatic rings. The minimum absolute atomic E-state index is 0.141. The van der Waals surface area contributed by atoms with E-state index >= 15 is 0 Å². The third-order valence-electron chi connectivity index (χ3n) is 5.11. The minimum atomic E-state index is -0.562. The molecule has 0 bridgehead atoms. The lowest BCUT2D eigenvalue weighted by atomic mass is 10.0. The van der Waals surface area contributed by atoms with Crippen LogP contribution in [0.5, 0.6) is 0 Å². The van der Waals surface area contributed by atoms with Gasteiger partial charge in [0.2, 0.25) is 5.91 Å². The number of para-hydroxylation sites is 1. The molecule has 1 aromatic heterocycles. The molecule has 0 fully saturated rings. The van der Waals surface area contributed by atoms with E-state index in [1.54, 1.807) is 10.6 Å². The zero-order chi connectivity index (χ0) is 19.6. The highest BCUT2D eigenvalue weighted by atomic mass is 16.2. The van der Waals surface area contributed by atoms with Crippen molar-refractivity contribution in [1.29, 1.82) is 0 Å². The molecule has 27 heavy (non-hydrogen) atoms. The predicted molar refractivity (Wildman–Crippen MR) is 111 cm³/mol. The number of anilines is 1. The Hall–Kier alpha value is -2.88. The van der Waals surface area contributed by atoms with Crippen LogP contribution < -0.4 is 10.9 Å². The first-order chi connectivity index (χ1) is 13.0. The molecule has 0 radical (unpaired) electrons. The number of hydrogen-bond acceptors (Lipinski definition) is 2. The van der Waals surface area contributed by atoms with Gasteiger partial charge in [0.25, 0.3) is 5.56 Å². The lowest BCUT2D eigenvalue weighted by Gasteiger charge is -2.22. The van der Waals surface area contributed by atoms with E-state index in [1.807, 2.05) is 63.2 Å². The second-order valence-corrected chi connectivity index (χ2v) is 6.97. The average molecular weight is 362 g/mol. The van der Waals surface area contributed by atoms with Gasteiger partial charge in [-0.2, -0.15) is 0 Å². The Kier molecular flexibility index (Phi) is 5.45. The van der Waals surface area contributed by atoms with Gasteiger partial charge >= 0.3 is 0 Å². The molecule has 2 aromatic carbocycles. The van der Waals surface area contributed by atoms with Gasteiger partial charge < -0.3 is 5.32 Å². The lowest BCUT2D eigenvalue weighted by molar-refractivity contribution is -0.119. The molecule has 140 valence electrons. The van der Waals surface area contributed by atoms with E-state index in [9.17, 15) is 9.59 Å². The van der Waals surface area contributed by atoms with Crippen molar-refractivity contribution in [2.24, 2.45) is 0 Å². The topological polar surface area (TPSA) is 51.1 Å². The number of amides is 1. The number of aryl methyl sites for hydroxylation is 3. The summed E-state index contributed by atoms with van der Waals surface area (Å²) in [5, 5.41) is 3.98. The second-order valence-electron chi connectivity index (χ2n) is 6.97. The van der Waals surface area contributed by atoms with Crippen molar-refractivity contribution in [3.05, 3.63) is 75.6 Å². The summed E-state index contributed by atoms with van der Waals surface area (Å²) in [5.74, 6) is -0.169. The highest BCUT2D eigenvalue weighted by Gasteiger charge is 2.23. The first-order valence-corrected chi connectivity index (χ1v) is 9.47. The van der Waals surface area contributed by atoms with E-state index in [0.29, 0.717) is 6.42 Å². The fourth-order valence-corrected chi connectivity index (χ4v) is 3.58. The number of benzene rings is 2. The van der Waals surface area contributed by atoms with Gasteiger partial charge in [0, 0.05) is 17.1 Å². The summed E-state index contributed by atoms with van der Waals surface area (Å²) in [5.41, 5.74) is 4.59. The molecule has 0 aliphatic rings. The maximum atomic E-state index is 13.0. The first-order valence-electron chi connectivity index (χ1n) is 9.47. The zero-order valence-electron chi connectivity index (χ0n) is 16.4. The van der Waals surface area contributed by atoms with Crippen molar-refractivity contribution in [3.8, 4) is 0 Å². The molecule has 3 rings (SSSR count). The van der Waals surface area contributed by atoms with Gasteiger partial charge in [0.15, 0.2) is 0 Å². The summed E-state index contributed by atoms with van der Waals surface area (Å²) < 4.78 is 1.65. The number of rotatable bonds is 5. The van der Waals surface area contributed by atoms with Crippen LogP contribution in [-0.2, 0) is 11.2 Å². The van der Waals surface area contributed by atoms with E-state index in [2.05, 4.69) is 12.2 Å². The number of pyridine rings is 1. The van der Waals surface area contributed by atoms with Crippen molar-refractivity contribution in [3.63, 3.8) is 0 Å². The molecule has 4 heteroatoms. The molecule has 1 atom stereocenters. The molecule has 4 nitrogen and oxygen atoms in total. The Balaban J connectivity index is 2.05. The summed E-state index contributed by atoms with van der Waals surface area (Å²) in [6.45, 7) is 7.94. The summed E-state index contributed by atoms with van der Waals surface area (Å²) in [6.07, 6.45) is 1.49. The predicted octanol–water partition coefficient (Wildman–Crippen LogP) is 4.77. The van der Waals surface area contributed by atoms with Crippen molar-refractivity contribution in [2.45, 2.75) is 46.6 Å². The summed E-state index contributed by atoms with van der Waals surface area (Å²) in [6, 6.07) is 14.8.